The van der Waals surface area contributed by atoms with Crippen molar-refractivity contribution in [2.75, 3.05) is 0 Å². The molecule has 0 aliphatic carbocycles. The molecule has 0 saturated carbocycles. The van der Waals surface area contributed by atoms with Gasteiger partial charge in [0.1, 0.15) is 11.4 Å². The third kappa shape index (κ3) is 1.99. The van der Waals surface area contributed by atoms with Crippen LogP contribution in [0, 0.1) is 0 Å². The molecule has 2 aromatic heterocycles. The maximum absolute atomic E-state index is 5.58. The normalized spacial score (nSPS) is 10.4. The van der Waals surface area contributed by atoms with Crippen molar-refractivity contribution in [2.45, 2.75) is 10.2 Å². The molecule has 2 heterocycles. The smallest absolute Gasteiger partial charge is 0.244 e. The highest BCUT2D eigenvalue weighted by Gasteiger charge is 2.05. The maximum atomic E-state index is 5.58. The van der Waals surface area contributed by atoms with Gasteiger partial charge in [0.2, 0.25) is 5.28 Å². The Balaban J connectivity index is 2.23. The molecule has 0 bridgehead atoms. The first kappa shape index (κ1) is 9.35. The molecule has 0 unspecified atom stereocenters. The van der Waals surface area contributed by atoms with Crippen molar-refractivity contribution in [2.24, 2.45) is 7.05 Å². The van der Waals surface area contributed by atoms with Crippen molar-refractivity contribution >= 4 is 23.4 Å². The largest absolute Gasteiger partial charge is 0.311 e. The van der Waals surface area contributed by atoms with Gasteiger partial charge in [-0.1, -0.05) is 0 Å². The third-order valence-electron chi connectivity index (χ3n) is 1.38. The summed E-state index contributed by atoms with van der Waals surface area (Å²) >= 11 is 6.91. The van der Waals surface area contributed by atoms with E-state index in [1.807, 2.05) is 7.05 Å². The second-order valence-corrected chi connectivity index (χ2v) is 3.72. The van der Waals surface area contributed by atoms with E-state index < -0.39 is 0 Å². The molecule has 0 N–H and O–H groups in total. The minimum atomic E-state index is 0.122. The van der Waals surface area contributed by atoms with E-state index in [0.717, 1.165) is 5.16 Å². The molecule has 0 fully saturated rings. The molecule has 14 heavy (non-hydrogen) atoms. The van der Waals surface area contributed by atoms with E-state index in [-0.39, 0.29) is 5.28 Å². The van der Waals surface area contributed by atoms with Crippen molar-refractivity contribution < 1.29 is 0 Å². The number of hydrogen-bond acceptors (Lipinski definition) is 6. The van der Waals surface area contributed by atoms with Crippen LogP contribution in [0.2, 0.25) is 5.28 Å². The molecule has 0 atom stereocenters. The first-order valence-corrected chi connectivity index (χ1v) is 4.82. The Kier molecular flexibility index (Phi) is 2.60. The van der Waals surface area contributed by atoms with Crippen LogP contribution in [-0.4, -0.2) is 29.9 Å². The Morgan fingerprint density at radius 3 is 2.86 bits per heavy atom. The van der Waals surface area contributed by atoms with Gasteiger partial charge < -0.3 is 4.57 Å². The SMILES string of the molecule is Cn1cnnc1Sc1cnnc(Cl)n1. The number of nitrogens with zero attached hydrogens (tertiary/aromatic N) is 6. The predicted octanol–water partition coefficient (Wildman–Crippen LogP) is 0.805. The molecule has 0 radical (unpaired) electrons. The first-order chi connectivity index (χ1) is 6.75. The number of hydrogen-bond donors (Lipinski definition) is 0. The topological polar surface area (TPSA) is 69.4 Å². The fourth-order valence-corrected chi connectivity index (χ4v) is 1.66. The Labute approximate surface area is 88.7 Å². The zero-order valence-corrected chi connectivity index (χ0v) is 8.70. The van der Waals surface area contributed by atoms with Crippen LogP contribution in [0.15, 0.2) is 22.7 Å². The Morgan fingerprint density at radius 2 is 2.21 bits per heavy atom. The van der Waals surface area contributed by atoms with E-state index in [9.17, 15) is 0 Å². The summed E-state index contributed by atoms with van der Waals surface area (Å²) < 4.78 is 1.78. The summed E-state index contributed by atoms with van der Waals surface area (Å²) in [5.41, 5.74) is 0. The molecule has 0 saturated heterocycles. The van der Waals surface area contributed by atoms with Crippen molar-refractivity contribution in [3.63, 3.8) is 0 Å². The standard InChI is InChI=1S/C6H5ClN6S/c1-13-3-9-12-6(13)14-4-2-8-11-5(7)10-4/h2-3H,1H3. The van der Waals surface area contributed by atoms with Crippen LogP contribution in [0.3, 0.4) is 0 Å². The van der Waals surface area contributed by atoms with E-state index in [0.29, 0.717) is 5.03 Å². The summed E-state index contributed by atoms with van der Waals surface area (Å²) in [6.07, 6.45) is 3.13. The van der Waals surface area contributed by atoms with Crippen LogP contribution in [0.4, 0.5) is 0 Å². The molecular formula is C6H5ClN6S. The summed E-state index contributed by atoms with van der Waals surface area (Å²) in [5, 5.41) is 16.3. The van der Waals surface area contributed by atoms with Crippen LogP contribution in [0.25, 0.3) is 0 Å². The highest BCUT2D eigenvalue weighted by Crippen LogP contribution is 2.22. The second-order valence-electron chi connectivity index (χ2n) is 2.39. The van der Waals surface area contributed by atoms with Gasteiger partial charge in [0.05, 0.1) is 6.20 Å². The average molecular weight is 229 g/mol. The van der Waals surface area contributed by atoms with E-state index in [2.05, 4.69) is 25.4 Å². The lowest BCUT2D eigenvalue weighted by Gasteiger charge is -1.97. The minimum absolute atomic E-state index is 0.122. The summed E-state index contributed by atoms with van der Waals surface area (Å²) in [7, 11) is 1.85. The van der Waals surface area contributed by atoms with Gasteiger partial charge in [0.15, 0.2) is 5.16 Å². The molecule has 2 aromatic rings. The molecule has 2 rings (SSSR count). The summed E-state index contributed by atoms with van der Waals surface area (Å²) in [5.74, 6) is 0. The van der Waals surface area contributed by atoms with Gasteiger partial charge in [0.25, 0.3) is 0 Å². The second kappa shape index (κ2) is 3.89. The molecule has 8 heteroatoms. The van der Waals surface area contributed by atoms with Crippen LogP contribution in [-0.2, 0) is 7.05 Å². The molecular weight excluding hydrogens is 224 g/mol. The highest BCUT2D eigenvalue weighted by atomic mass is 35.5. The molecule has 6 nitrogen and oxygen atoms in total. The minimum Gasteiger partial charge on any atom is -0.311 e. The van der Waals surface area contributed by atoms with Crippen molar-refractivity contribution in [3.8, 4) is 0 Å². The van der Waals surface area contributed by atoms with Crippen LogP contribution in [0.5, 0.6) is 0 Å². The number of rotatable bonds is 2. The predicted molar refractivity (Wildman–Crippen MR) is 50.0 cm³/mol. The summed E-state index contributed by atoms with van der Waals surface area (Å²) in [4.78, 5) is 3.96. The van der Waals surface area contributed by atoms with E-state index in [1.54, 1.807) is 10.9 Å². The molecule has 72 valence electrons. The van der Waals surface area contributed by atoms with Gasteiger partial charge >= 0.3 is 0 Å². The monoisotopic (exact) mass is 228 g/mol. The fourth-order valence-electron chi connectivity index (χ4n) is 0.776. The van der Waals surface area contributed by atoms with E-state index >= 15 is 0 Å². The van der Waals surface area contributed by atoms with Gasteiger partial charge in [-0.15, -0.1) is 15.3 Å². The lowest BCUT2D eigenvalue weighted by molar-refractivity contribution is 0.785. The molecule has 0 aromatic carbocycles. The highest BCUT2D eigenvalue weighted by molar-refractivity contribution is 7.99. The quantitative estimate of drug-likeness (QED) is 0.758. The number of aromatic nitrogens is 6. The lowest BCUT2D eigenvalue weighted by Crippen LogP contribution is -1.92. The molecule has 0 spiro atoms. The van der Waals surface area contributed by atoms with Crippen molar-refractivity contribution in [1.29, 1.82) is 0 Å². The Hall–Kier alpha value is -1.21. The van der Waals surface area contributed by atoms with E-state index in [4.69, 9.17) is 11.6 Å². The first-order valence-electron chi connectivity index (χ1n) is 3.63. The fraction of sp³-hybridized carbons (Fsp3) is 0.167. The van der Waals surface area contributed by atoms with Gasteiger partial charge in [-0.3, -0.25) is 0 Å². The van der Waals surface area contributed by atoms with Gasteiger partial charge in [-0.25, -0.2) is 4.98 Å². The average Bonchev–Trinajstić information content (AvgIpc) is 2.52. The molecule has 0 aliphatic rings. The van der Waals surface area contributed by atoms with Crippen molar-refractivity contribution in [3.05, 3.63) is 17.8 Å². The number of aryl methyl sites for hydroxylation is 1. The van der Waals surface area contributed by atoms with E-state index in [1.165, 1.54) is 18.0 Å². The van der Waals surface area contributed by atoms with Crippen LogP contribution >= 0.6 is 23.4 Å². The van der Waals surface area contributed by atoms with Gasteiger partial charge in [0, 0.05) is 7.05 Å². The maximum Gasteiger partial charge on any atom is 0.244 e. The molecule has 0 aliphatic heterocycles. The van der Waals surface area contributed by atoms with Gasteiger partial charge in [-0.2, -0.15) is 5.10 Å². The molecule has 0 amide bonds. The Bertz CT molecular complexity index is 443. The summed E-state index contributed by atoms with van der Waals surface area (Å²) in [6, 6.07) is 0. The number of halogens is 1. The summed E-state index contributed by atoms with van der Waals surface area (Å²) in [6.45, 7) is 0. The van der Waals surface area contributed by atoms with Crippen LogP contribution in [0.1, 0.15) is 0 Å². The lowest BCUT2D eigenvalue weighted by atomic mass is 10.9. The zero-order valence-electron chi connectivity index (χ0n) is 7.12. The Morgan fingerprint density at radius 1 is 1.36 bits per heavy atom. The third-order valence-corrected chi connectivity index (χ3v) is 2.49. The van der Waals surface area contributed by atoms with Crippen LogP contribution < -0.4 is 0 Å². The van der Waals surface area contributed by atoms with Crippen molar-refractivity contribution in [1.82, 2.24) is 29.9 Å². The van der Waals surface area contributed by atoms with Gasteiger partial charge in [-0.05, 0) is 23.4 Å². The zero-order chi connectivity index (χ0) is 9.97.